The number of aromatic nitrogens is 2. The lowest BCUT2D eigenvalue weighted by Gasteiger charge is -2.16. The van der Waals surface area contributed by atoms with Gasteiger partial charge in [0.1, 0.15) is 12.9 Å². The van der Waals surface area contributed by atoms with E-state index in [0.29, 0.717) is 11.5 Å². The van der Waals surface area contributed by atoms with Crippen LogP contribution in [0, 0.1) is 0 Å². The Labute approximate surface area is 75.0 Å². The summed E-state index contributed by atoms with van der Waals surface area (Å²) in [6, 6.07) is 0. The van der Waals surface area contributed by atoms with Crippen LogP contribution in [-0.4, -0.2) is 34.6 Å². The summed E-state index contributed by atoms with van der Waals surface area (Å²) in [7, 11) is 1.60. The minimum Gasteiger partial charge on any atom is -0.480 e. The fourth-order valence-electron chi connectivity index (χ4n) is 0.931. The third-order valence-electron chi connectivity index (χ3n) is 1.45. The smallest absolute Gasteiger partial charge is 0.323 e. The van der Waals surface area contributed by atoms with Gasteiger partial charge >= 0.3 is 5.97 Å². The second kappa shape index (κ2) is 3.70. The molecule has 6 nitrogen and oxygen atoms in total. The van der Waals surface area contributed by atoms with Gasteiger partial charge in [-0.15, -0.1) is 0 Å². The summed E-state index contributed by atoms with van der Waals surface area (Å²) in [4.78, 5) is 19.4. The average Bonchev–Trinajstić information content (AvgIpc) is 2.03. The van der Waals surface area contributed by atoms with Gasteiger partial charge in [0.15, 0.2) is 5.82 Å². The summed E-state index contributed by atoms with van der Waals surface area (Å²) >= 11 is 0. The minimum atomic E-state index is -0.930. The van der Waals surface area contributed by atoms with Crippen LogP contribution in [-0.2, 0) is 4.79 Å². The summed E-state index contributed by atoms with van der Waals surface area (Å²) in [6.45, 7) is -0.138. The Morgan fingerprint density at radius 3 is 3.00 bits per heavy atom. The van der Waals surface area contributed by atoms with E-state index >= 15 is 0 Å². The zero-order valence-corrected chi connectivity index (χ0v) is 7.14. The molecule has 0 spiro atoms. The van der Waals surface area contributed by atoms with Crippen molar-refractivity contribution in [3.05, 3.63) is 12.5 Å². The lowest BCUT2D eigenvalue weighted by molar-refractivity contribution is -0.135. The molecule has 0 aliphatic rings. The van der Waals surface area contributed by atoms with Gasteiger partial charge in [0, 0.05) is 7.05 Å². The summed E-state index contributed by atoms with van der Waals surface area (Å²) in [5.74, 6) is -0.502. The third kappa shape index (κ3) is 2.29. The van der Waals surface area contributed by atoms with Crippen LogP contribution in [0.1, 0.15) is 0 Å². The van der Waals surface area contributed by atoms with Crippen LogP contribution in [0.15, 0.2) is 12.5 Å². The Balaban J connectivity index is 2.82. The summed E-state index contributed by atoms with van der Waals surface area (Å²) in [5.41, 5.74) is 5.90. The SMILES string of the molecule is CN(CC(=O)O)c1ncncc1N. The average molecular weight is 182 g/mol. The van der Waals surface area contributed by atoms with E-state index in [1.807, 2.05) is 0 Å². The molecule has 70 valence electrons. The second-order valence-corrected chi connectivity index (χ2v) is 2.55. The van der Waals surface area contributed by atoms with Gasteiger partial charge < -0.3 is 15.7 Å². The van der Waals surface area contributed by atoms with Gasteiger partial charge in [-0.1, -0.05) is 0 Å². The molecule has 0 aliphatic carbocycles. The summed E-state index contributed by atoms with van der Waals surface area (Å²) in [5, 5.41) is 8.51. The van der Waals surface area contributed by atoms with Crippen molar-refractivity contribution in [3.8, 4) is 0 Å². The van der Waals surface area contributed by atoms with Crippen LogP contribution < -0.4 is 10.6 Å². The van der Waals surface area contributed by atoms with E-state index in [1.165, 1.54) is 17.4 Å². The van der Waals surface area contributed by atoms with E-state index in [4.69, 9.17) is 10.8 Å². The van der Waals surface area contributed by atoms with E-state index in [1.54, 1.807) is 7.05 Å². The third-order valence-corrected chi connectivity index (χ3v) is 1.45. The molecule has 0 atom stereocenters. The Morgan fingerprint density at radius 2 is 2.46 bits per heavy atom. The molecule has 0 unspecified atom stereocenters. The maximum atomic E-state index is 10.4. The number of carboxylic acid groups (broad SMARTS) is 1. The molecule has 1 rings (SSSR count). The number of anilines is 2. The number of nitrogens with two attached hydrogens (primary N) is 1. The highest BCUT2D eigenvalue weighted by Gasteiger charge is 2.09. The second-order valence-electron chi connectivity index (χ2n) is 2.55. The highest BCUT2D eigenvalue weighted by molar-refractivity contribution is 5.75. The summed E-state index contributed by atoms with van der Waals surface area (Å²) in [6.07, 6.45) is 2.75. The molecule has 0 aliphatic heterocycles. The first kappa shape index (κ1) is 9.24. The van der Waals surface area contributed by atoms with Gasteiger partial charge in [0.25, 0.3) is 0 Å². The molecule has 0 aromatic carbocycles. The van der Waals surface area contributed by atoms with E-state index in [0.717, 1.165) is 0 Å². The van der Waals surface area contributed by atoms with Crippen LogP contribution in [0.3, 0.4) is 0 Å². The molecule has 3 N–H and O–H groups in total. The normalized spacial score (nSPS) is 9.62. The predicted octanol–water partition coefficient (Wildman–Crippen LogP) is -0.420. The molecule has 6 heteroatoms. The van der Waals surface area contributed by atoms with Crippen LogP contribution in [0.4, 0.5) is 11.5 Å². The Bertz CT molecular complexity index is 315. The van der Waals surface area contributed by atoms with E-state index in [2.05, 4.69) is 9.97 Å². The van der Waals surface area contributed by atoms with Crippen molar-refractivity contribution < 1.29 is 9.90 Å². The molecule has 0 bridgehead atoms. The summed E-state index contributed by atoms with van der Waals surface area (Å²) < 4.78 is 0. The van der Waals surface area contributed by atoms with Crippen molar-refractivity contribution in [2.24, 2.45) is 0 Å². The molecule has 0 amide bonds. The Morgan fingerprint density at radius 1 is 1.77 bits per heavy atom. The highest BCUT2D eigenvalue weighted by atomic mass is 16.4. The predicted molar refractivity (Wildman–Crippen MR) is 47.4 cm³/mol. The van der Waals surface area contributed by atoms with Crippen molar-refractivity contribution in [2.75, 3.05) is 24.2 Å². The molecule has 1 heterocycles. The molecule has 0 fully saturated rings. The van der Waals surface area contributed by atoms with Gasteiger partial charge in [-0.3, -0.25) is 4.79 Å². The quantitative estimate of drug-likeness (QED) is 0.659. The Kier molecular flexibility index (Phi) is 2.63. The van der Waals surface area contributed by atoms with Crippen molar-refractivity contribution >= 4 is 17.5 Å². The minimum absolute atomic E-state index is 0.138. The topological polar surface area (TPSA) is 92.3 Å². The van der Waals surface area contributed by atoms with E-state index < -0.39 is 5.97 Å². The zero-order chi connectivity index (χ0) is 9.84. The van der Waals surface area contributed by atoms with Crippen LogP contribution in [0.25, 0.3) is 0 Å². The highest BCUT2D eigenvalue weighted by Crippen LogP contribution is 2.15. The molecule has 0 radical (unpaired) electrons. The number of likely N-dealkylation sites (N-methyl/N-ethyl adjacent to an activating group) is 1. The monoisotopic (exact) mass is 182 g/mol. The lowest BCUT2D eigenvalue weighted by Crippen LogP contribution is -2.26. The number of hydrogen-bond acceptors (Lipinski definition) is 5. The number of nitrogens with zero attached hydrogens (tertiary/aromatic N) is 3. The first-order chi connectivity index (χ1) is 6.11. The van der Waals surface area contributed by atoms with Gasteiger partial charge in [-0.2, -0.15) is 0 Å². The molecule has 1 aromatic heterocycles. The van der Waals surface area contributed by atoms with Gasteiger partial charge in [0.05, 0.1) is 11.9 Å². The standard InChI is InChI=1S/C7H10N4O2/c1-11(3-6(12)13)7-5(8)2-9-4-10-7/h2,4H,3,8H2,1H3,(H,12,13). The van der Waals surface area contributed by atoms with Crippen LogP contribution in [0.5, 0.6) is 0 Å². The Hall–Kier alpha value is -1.85. The van der Waals surface area contributed by atoms with Gasteiger partial charge in [0.2, 0.25) is 0 Å². The van der Waals surface area contributed by atoms with E-state index in [9.17, 15) is 4.79 Å². The number of carbonyl (C=O) groups is 1. The fourth-order valence-corrected chi connectivity index (χ4v) is 0.931. The van der Waals surface area contributed by atoms with Crippen molar-refractivity contribution in [1.82, 2.24) is 9.97 Å². The van der Waals surface area contributed by atoms with E-state index in [-0.39, 0.29) is 6.54 Å². The van der Waals surface area contributed by atoms with Crippen LogP contribution >= 0.6 is 0 Å². The lowest BCUT2D eigenvalue weighted by atomic mass is 10.4. The van der Waals surface area contributed by atoms with Gasteiger partial charge in [-0.05, 0) is 0 Å². The first-order valence-corrected chi connectivity index (χ1v) is 3.59. The van der Waals surface area contributed by atoms with Crippen molar-refractivity contribution in [1.29, 1.82) is 0 Å². The zero-order valence-electron chi connectivity index (χ0n) is 7.14. The molecule has 13 heavy (non-hydrogen) atoms. The number of hydrogen-bond donors (Lipinski definition) is 2. The maximum absolute atomic E-state index is 10.4. The maximum Gasteiger partial charge on any atom is 0.323 e. The number of carboxylic acids is 1. The number of aliphatic carboxylic acids is 1. The molecular weight excluding hydrogens is 172 g/mol. The van der Waals surface area contributed by atoms with Crippen LogP contribution in [0.2, 0.25) is 0 Å². The van der Waals surface area contributed by atoms with Crippen molar-refractivity contribution in [2.45, 2.75) is 0 Å². The largest absolute Gasteiger partial charge is 0.480 e. The number of nitrogen functional groups attached to an aromatic ring is 1. The molecular formula is C7H10N4O2. The molecule has 0 saturated heterocycles. The van der Waals surface area contributed by atoms with Gasteiger partial charge in [-0.25, -0.2) is 9.97 Å². The first-order valence-electron chi connectivity index (χ1n) is 3.59. The number of rotatable bonds is 3. The molecule has 0 saturated carbocycles. The molecule has 1 aromatic rings. The van der Waals surface area contributed by atoms with Crippen molar-refractivity contribution in [3.63, 3.8) is 0 Å². The fraction of sp³-hybridized carbons (Fsp3) is 0.286.